The Hall–Kier alpha value is -1.88. The minimum absolute atomic E-state index is 0.0577. The van der Waals surface area contributed by atoms with Crippen LogP contribution >= 0.6 is 23.4 Å². The van der Waals surface area contributed by atoms with Crippen molar-refractivity contribution in [2.45, 2.75) is 31.9 Å². The van der Waals surface area contributed by atoms with E-state index in [9.17, 15) is 26.7 Å². The topological polar surface area (TPSA) is 69.1 Å². The van der Waals surface area contributed by atoms with Crippen LogP contribution in [0.5, 0.6) is 0 Å². The first kappa shape index (κ1) is 25.2. The maximum atomic E-state index is 12.8. The molecule has 0 saturated heterocycles. The zero-order valence-electron chi connectivity index (χ0n) is 15.4. The molecule has 0 aliphatic rings. The van der Waals surface area contributed by atoms with Gasteiger partial charge in [-0.25, -0.2) is 0 Å². The van der Waals surface area contributed by atoms with Crippen molar-refractivity contribution in [1.29, 1.82) is 5.41 Å². The summed E-state index contributed by atoms with van der Waals surface area (Å²) in [7, 11) is 0. The molecular formula is C17H20ClF5N4OS. The van der Waals surface area contributed by atoms with E-state index < -0.39 is 35.4 Å². The number of thioether (sulfide) groups is 1. The number of carbonyl (C=O) groups excluding carboxylic acids is 1. The van der Waals surface area contributed by atoms with Crippen molar-refractivity contribution in [3.05, 3.63) is 36.4 Å². The summed E-state index contributed by atoms with van der Waals surface area (Å²) < 4.78 is 62.0. The second-order valence-electron chi connectivity index (χ2n) is 5.68. The maximum Gasteiger partial charge on any atom is 0.453 e. The predicted molar refractivity (Wildman–Crippen MR) is 104 cm³/mol. The molecule has 162 valence electrons. The van der Waals surface area contributed by atoms with Crippen LogP contribution < -0.4 is 5.32 Å². The van der Waals surface area contributed by atoms with E-state index in [0.717, 1.165) is 11.8 Å². The van der Waals surface area contributed by atoms with Crippen molar-refractivity contribution in [3.8, 4) is 0 Å². The average Bonchev–Trinajstić information content (AvgIpc) is 2.64. The summed E-state index contributed by atoms with van der Waals surface area (Å²) in [5.41, 5.74) is 0.698. The molecule has 2 N–H and O–H groups in total. The standard InChI is InChI=1S/C17H20ClF5N4OS/c1-2-27(13(15(18)24)11-26-12-4-3-7-25-10-12)14(28)5-8-29-9-6-16(19,20)17(21,22)23/h3-4,7,10-11,24,26H,2,5-6,8-9H2,1H3/b13-11+,24-15?. The number of halogens is 6. The number of allylic oxidation sites excluding steroid dienone is 1. The fourth-order valence-electron chi connectivity index (χ4n) is 2.08. The lowest BCUT2D eigenvalue weighted by Gasteiger charge is -2.23. The van der Waals surface area contributed by atoms with Gasteiger partial charge in [-0.1, -0.05) is 11.6 Å². The molecule has 1 aromatic heterocycles. The largest absolute Gasteiger partial charge is 0.453 e. The van der Waals surface area contributed by atoms with E-state index in [0.29, 0.717) is 5.69 Å². The van der Waals surface area contributed by atoms with E-state index >= 15 is 0 Å². The highest BCUT2D eigenvalue weighted by atomic mass is 35.5. The third-order valence-corrected chi connectivity index (χ3v) is 4.78. The Morgan fingerprint density at radius 1 is 1.34 bits per heavy atom. The Labute approximate surface area is 174 Å². The molecule has 5 nitrogen and oxygen atoms in total. The van der Waals surface area contributed by atoms with Gasteiger partial charge in [-0.3, -0.25) is 15.2 Å². The molecule has 0 unspecified atom stereocenters. The van der Waals surface area contributed by atoms with E-state index in [2.05, 4.69) is 10.3 Å². The number of aromatic nitrogens is 1. The number of nitrogens with one attached hydrogen (secondary N) is 2. The second-order valence-corrected chi connectivity index (χ2v) is 7.28. The van der Waals surface area contributed by atoms with Gasteiger partial charge in [0.15, 0.2) is 0 Å². The number of alkyl halides is 5. The highest BCUT2D eigenvalue weighted by Gasteiger charge is 2.56. The first-order chi connectivity index (χ1) is 13.5. The number of hydrogen-bond acceptors (Lipinski definition) is 5. The molecule has 0 aliphatic carbocycles. The molecule has 0 fully saturated rings. The van der Waals surface area contributed by atoms with Gasteiger partial charge in [-0.2, -0.15) is 33.7 Å². The van der Waals surface area contributed by atoms with E-state index in [-0.39, 0.29) is 24.4 Å². The van der Waals surface area contributed by atoms with Crippen molar-refractivity contribution >= 4 is 40.1 Å². The zero-order chi connectivity index (χ0) is 22.1. The van der Waals surface area contributed by atoms with Gasteiger partial charge in [-0.15, -0.1) is 0 Å². The Morgan fingerprint density at radius 3 is 2.55 bits per heavy atom. The summed E-state index contributed by atoms with van der Waals surface area (Å²) in [6, 6.07) is 3.40. The Kier molecular flexibility index (Phi) is 9.84. The molecule has 29 heavy (non-hydrogen) atoms. The molecule has 0 spiro atoms. The maximum absolute atomic E-state index is 12.8. The molecule has 0 bridgehead atoms. The lowest BCUT2D eigenvalue weighted by atomic mass is 10.2. The minimum Gasteiger partial charge on any atom is -0.358 e. The van der Waals surface area contributed by atoms with Gasteiger partial charge >= 0.3 is 12.1 Å². The molecule has 0 atom stereocenters. The highest BCUT2D eigenvalue weighted by molar-refractivity contribution is 7.99. The van der Waals surface area contributed by atoms with Crippen LogP contribution in [0, 0.1) is 5.41 Å². The number of anilines is 1. The number of nitrogens with zero attached hydrogens (tertiary/aromatic N) is 2. The Balaban J connectivity index is 2.61. The fourth-order valence-corrected chi connectivity index (χ4v) is 3.16. The van der Waals surface area contributed by atoms with Gasteiger partial charge in [0, 0.05) is 37.5 Å². The number of rotatable bonds is 11. The smallest absolute Gasteiger partial charge is 0.358 e. The van der Waals surface area contributed by atoms with Gasteiger partial charge in [0.1, 0.15) is 5.17 Å². The van der Waals surface area contributed by atoms with Crippen LogP contribution in [0.1, 0.15) is 19.8 Å². The molecule has 1 amide bonds. The SMILES string of the molecule is CCN(C(=O)CCSCCC(F)(F)C(F)(F)F)/C(=C/Nc1cccnc1)C(=N)Cl. The van der Waals surface area contributed by atoms with E-state index in [1.807, 2.05) is 0 Å². The summed E-state index contributed by atoms with van der Waals surface area (Å²) in [5.74, 6) is -5.57. The van der Waals surface area contributed by atoms with Gasteiger partial charge in [0.2, 0.25) is 5.91 Å². The van der Waals surface area contributed by atoms with Crippen molar-refractivity contribution in [1.82, 2.24) is 9.88 Å². The Bertz CT molecular complexity index is 716. The van der Waals surface area contributed by atoms with Gasteiger partial charge in [0.25, 0.3) is 0 Å². The molecule has 0 saturated carbocycles. The van der Waals surface area contributed by atoms with Crippen molar-refractivity contribution in [3.63, 3.8) is 0 Å². The number of pyridine rings is 1. The summed E-state index contributed by atoms with van der Waals surface area (Å²) in [6.07, 6.45) is -2.57. The van der Waals surface area contributed by atoms with Crippen LogP contribution in [0.15, 0.2) is 36.4 Å². The van der Waals surface area contributed by atoms with Gasteiger partial charge in [0.05, 0.1) is 17.6 Å². The quantitative estimate of drug-likeness (QED) is 0.275. The third kappa shape index (κ3) is 8.17. The highest BCUT2D eigenvalue weighted by Crippen LogP contribution is 2.38. The molecule has 12 heteroatoms. The molecular weight excluding hydrogens is 439 g/mol. The fraction of sp³-hybridized carbons (Fsp3) is 0.471. The van der Waals surface area contributed by atoms with E-state index in [1.54, 1.807) is 25.3 Å². The van der Waals surface area contributed by atoms with Crippen molar-refractivity contribution < 1.29 is 26.7 Å². The monoisotopic (exact) mass is 458 g/mol. The van der Waals surface area contributed by atoms with Crippen LogP contribution in [0.2, 0.25) is 0 Å². The first-order valence-corrected chi connectivity index (χ1v) is 9.96. The number of carbonyl (C=O) groups is 1. The lowest BCUT2D eigenvalue weighted by molar-refractivity contribution is -0.282. The molecule has 1 heterocycles. The molecule has 0 radical (unpaired) electrons. The summed E-state index contributed by atoms with van der Waals surface area (Å²) in [6.45, 7) is 1.85. The average molecular weight is 459 g/mol. The van der Waals surface area contributed by atoms with E-state index in [1.165, 1.54) is 17.3 Å². The summed E-state index contributed by atoms with van der Waals surface area (Å²) >= 11 is 6.60. The van der Waals surface area contributed by atoms with Crippen LogP contribution in [-0.2, 0) is 4.79 Å². The zero-order valence-corrected chi connectivity index (χ0v) is 17.0. The molecule has 0 aromatic carbocycles. The Morgan fingerprint density at radius 2 is 2.03 bits per heavy atom. The second kappa shape index (κ2) is 11.3. The normalized spacial score (nSPS) is 12.6. The van der Waals surface area contributed by atoms with Crippen LogP contribution in [-0.4, -0.2) is 51.1 Å². The predicted octanol–water partition coefficient (Wildman–Crippen LogP) is 5.11. The summed E-state index contributed by atoms with van der Waals surface area (Å²) in [5, 5.41) is 10.1. The van der Waals surface area contributed by atoms with Crippen LogP contribution in [0.4, 0.5) is 27.6 Å². The minimum atomic E-state index is -5.58. The van der Waals surface area contributed by atoms with Crippen molar-refractivity contribution in [2.75, 3.05) is 23.4 Å². The van der Waals surface area contributed by atoms with Crippen LogP contribution in [0.25, 0.3) is 0 Å². The van der Waals surface area contributed by atoms with Crippen molar-refractivity contribution in [2.24, 2.45) is 0 Å². The molecule has 1 aromatic rings. The molecule has 0 aliphatic heterocycles. The van der Waals surface area contributed by atoms with Crippen LogP contribution in [0.3, 0.4) is 0 Å². The first-order valence-electron chi connectivity index (χ1n) is 8.43. The van der Waals surface area contributed by atoms with E-state index in [4.69, 9.17) is 17.0 Å². The number of amides is 1. The molecule has 1 rings (SSSR count). The van der Waals surface area contributed by atoms with Gasteiger partial charge in [-0.05, 0) is 24.8 Å². The lowest BCUT2D eigenvalue weighted by Crippen LogP contribution is -2.36. The van der Waals surface area contributed by atoms with Gasteiger partial charge < -0.3 is 10.2 Å². The third-order valence-electron chi connectivity index (χ3n) is 3.61. The summed E-state index contributed by atoms with van der Waals surface area (Å²) in [4.78, 5) is 17.5. The number of hydrogen-bond donors (Lipinski definition) is 2.